The van der Waals surface area contributed by atoms with Crippen LogP contribution in [-0.2, 0) is 6.61 Å². The number of hydrogen-bond donors (Lipinski definition) is 1. The summed E-state index contributed by atoms with van der Waals surface area (Å²) in [5.74, 6) is 1.35. The number of fused-ring (bicyclic) bond motifs is 1. The molecule has 5 aromatic rings. The van der Waals surface area contributed by atoms with Gasteiger partial charge in [0.1, 0.15) is 24.2 Å². The molecule has 2 aromatic carbocycles. The van der Waals surface area contributed by atoms with Crippen LogP contribution in [0.15, 0.2) is 89.7 Å². The summed E-state index contributed by atoms with van der Waals surface area (Å²) in [4.78, 5) is 21.3. The van der Waals surface area contributed by atoms with Gasteiger partial charge in [0.15, 0.2) is 5.76 Å². The Kier molecular flexibility index (Phi) is 5.27. The van der Waals surface area contributed by atoms with Gasteiger partial charge in [-0.25, -0.2) is 9.97 Å². The first kappa shape index (κ1) is 20.0. The molecule has 3 heterocycles. The monoisotopic (exact) mass is 435 g/mol. The zero-order valence-corrected chi connectivity index (χ0v) is 17.3. The van der Waals surface area contributed by atoms with Gasteiger partial charge in [0.25, 0.3) is 5.91 Å². The largest absolute Gasteiger partial charge is 0.484 e. The van der Waals surface area contributed by atoms with E-state index < -0.39 is 0 Å². The van der Waals surface area contributed by atoms with E-state index in [-0.39, 0.29) is 18.3 Å². The fourth-order valence-corrected chi connectivity index (χ4v) is 3.30. The summed E-state index contributed by atoms with van der Waals surface area (Å²) in [6.07, 6.45) is 5.48. The summed E-state index contributed by atoms with van der Waals surface area (Å²) in [5.41, 5.74) is 2.77. The molecule has 5 rings (SSSR count). The zero-order chi connectivity index (χ0) is 22.6. The van der Waals surface area contributed by atoms with Crippen molar-refractivity contribution in [2.45, 2.75) is 6.61 Å². The molecule has 8 nitrogen and oxygen atoms in total. The van der Waals surface area contributed by atoms with Crippen LogP contribution in [0.4, 0.5) is 5.69 Å². The topological polar surface area (TPSA) is 105 Å². The maximum Gasteiger partial charge on any atom is 0.291 e. The second-order valence-electron chi connectivity index (χ2n) is 7.15. The lowest BCUT2D eigenvalue weighted by molar-refractivity contribution is 0.0992. The Bertz CT molecular complexity index is 1450. The first-order valence-corrected chi connectivity index (χ1v) is 10.1. The first-order chi connectivity index (χ1) is 16.2. The molecule has 33 heavy (non-hydrogen) atoms. The van der Waals surface area contributed by atoms with Gasteiger partial charge in [0.2, 0.25) is 5.78 Å². The number of aromatic nitrogens is 3. The Morgan fingerprint density at radius 2 is 1.94 bits per heavy atom. The minimum Gasteiger partial charge on any atom is -0.484 e. The summed E-state index contributed by atoms with van der Waals surface area (Å²) < 4.78 is 13.1. The number of amides is 1. The highest BCUT2D eigenvalue weighted by Crippen LogP contribution is 2.22. The van der Waals surface area contributed by atoms with E-state index in [2.05, 4.69) is 21.4 Å². The summed E-state index contributed by atoms with van der Waals surface area (Å²) in [7, 11) is 0. The lowest BCUT2D eigenvalue weighted by Gasteiger charge is -2.06. The zero-order valence-electron chi connectivity index (χ0n) is 17.3. The molecular formula is C25H17N5O3. The summed E-state index contributed by atoms with van der Waals surface area (Å²) >= 11 is 0. The molecule has 160 valence electrons. The van der Waals surface area contributed by atoms with Crippen molar-refractivity contribution in [3.8, 4) is 23.1 Å². The average Bonchev–Trinajstić information content (AvgIpc) is 3.51. The highest BCUT2D eigenvalue weighted by molar-refractivity contribution is 6.02. The Morgan fingerprint density at radius 3 is 2.76 bits per heavy atom. The van der Waals surface area contributed by atoms with Crippen LogP contribution in [0.5, 0.6) is 5.75 Å². The third-order valence-corrected chi connectivity index (χ3v) is 4.94. The molecule has 8 heteroatoms. The molecule has 0 aliphatic carbocycles. The number of carbonyl (C=O) groups excluding carboxylic acids is 1. The number of nitrogens with one attached hydrogen (secondary N) is 1. The van der Waals surface area contributed by atoms with Crippen molar-refractivity contribution in [3.63, 3.8) is 0 Å². The second-order valence-corrected chi connectivity index (χ2v) is 7.15. The van der Waals surface area contributed by atoms with Crippen LogP contribution in [0.2, 0.25) is 0 Å². The Balaban J connectivity index is 1.23. The number of carbonyl (C=O) groups is 1. The molecule has 0 atom stereocenters. The van der Waals surface area contributed by atoms with Crippen molar-refractivity contribution in [3.05, 3.63) is 102 Å². The van der Waals surface area contributed by atoms with E-state index in [1.54, 1.807) is 54.7 Å². The van der Waals surface area contributed by atoms with E-state index in [4.69, 9.17) is 14.4 Å². The molecule has 0 saturated carbocycles. The molecule has 0 spiro atoms. The summed E-state index contributed by atoms with van der Waals surface area (Å²) in [6.45, 7) is 0.106. The molecular weight excluding hydrogens is 418 g/mol. The van der Waals surface area contributed by atoms with Crippen LogP contribution in [-0.4, -0.2) is 20.3 Å². The maximum absolute atomic E-state index is 12.6. The van der Waals surface area contributed by atoms with E-state index in [0.717, 1.165) is 11.3 Å². The van der Waals surface area contributed by atoms with Gasteiger partial charge in [0.05, 0.1) is 11.3 Å². The predicted octanol–water partition coefficient (Wildman–Crippen LogP) is 4.69. The van der Waals surface area contributed by atoms with Crippen LogP contribution in [0, 0.1) is 11.3 Å². The van der Waals surface area contributed by atoms with E-state index >= 15 is 0 Å². The number of nitrogens with zero attached hydrogens (tertiary/aromatic N) is 4. The number of nitriles is 1. The average molecular weight is 435 g/mol. The lowest BCUT2D eigenvalue weighted by Crippen LogP contribution is -2.10. The highest BCUT2D eigenvalue weighted by atomic mass is 16.5. The van der Waals surface area contributed by atoms with Crippen LogP contribution in [0.3, 0.4) is 0 Å². The lowest BCUT2D eigenvalue weighted by atomic mass is 10.1. The molecule has 0 fully saturated rings. The van der Waals surface area contributed by atoms with Crippen molar-refractivity contribution in [2.75, 3.05) is 5.32 Å². The maximum atomic E-state index is 12.6. The van der Waals surface area contributed by atoms with Gasteiger partial charge in [-0.15, -0.1) is 0 Å². The van der Waals surface area contributed by atoms with Crippen LogP contribution < -0.4 is 10.1 Å². The van der Waals surface area contributed by atoms with Crippen LogP contribution >= 0.6 is 0 Å². The molecule has 0 unspecified atom stereocenters. The third kappa shape index (κ3) is 4.29. The molecule has 0 aliphatic heterocycles. The number of rotatable bonds is 6. The van der Waals surface area contributed by atoms with Gasteiger partial charge < -0.3 is 14.5 Å². The molecule has 1 amide bonds. The molecule has 0 saturated heterocycles. The van der Waals surface area contributed by atoms with Crippen LogP contribution in [0.1, 0.15) is 21.9 Å². The fraction of sp³-hybridized carbons (Fsp3) is 0.0400. The number of para-hydroxylation sites is 1. The minimum atomic E-state index is -0.372. The number of anilines is 1. The molecule has 0 bridgehead atoms. The third-order valence-electron chi connectivity index (χ3n) is 4.94. The molecule has 1 N–H and O–H groups in total. The van der Waals surface area contributed by atoms with Crippen LogP contribution in [0.25, 0.3) is 17.0 Å². The highest BCUT2D eigenvalue weighted by Gasteiger charge is 2.13. The van der Waals surface area contributed by atoms with E-state index in [1.165, 1.54) is 0 Å². The molecule has 3 aromatic heterocycles. The van der Waals surface area contributed by atoms with Gasteiger partial charge >= 0.3 is 0 Å². The standard InChI is InChI=1S/C25H17N5O3/c26-14-18-4-1-2-5-22(18)32-16-20-10-11-23(33-20)24(31)28-19-8-6-17(7-9-19)21-15-30-13-3-12-27-25(30)29-21/h1-13,15H,16H2,(H,28,31). The number of furan rings is 1. The Morgan fingerprint density at radius 1 is 1.09 bits per heavy atom. The number of hydrogen-bond acceptors (Lipinski definition) is 6. The second kappa shape index (κ2) is 8.69. The SMILES string of the molecule is N#Cc1ccccc1OCc1ccc(C(=O)Nc2ccc(-c3cn4cccnc4n3)cc2)o1. The van der Waals surface area contributed by atoms with Crippen molar-refractivity contribution in [1.82, 2.24) is 14.4 Å². The van der Waals surface area contributed by atoms with E-state index in [1.807, 2.05) is 35.0 Å². The van der Waals surface area contributed by atoms with Crippen molar-refractivity contribution in [1.29, 1.82) is 5.26 Å². The van der Waals surface area contributed by atoms with Gasteiger partial charge in [0, 0.05) is 29.8 Å². The van der Waals surface area contributed by atoms with E-state index in [0.29, 0.717) is 28.5 Å². The number of benzene rings is 2. The van der Waals surface area contributed by atoms with Gasteiger partial charge in [-0.3, -0.25) is 9.20 Å². The quantitative estimate of drug-likeness (QED) is 0.415. The first-order valence-electron chi connectivity index (χ1n) is 10.1. The predicted molar refractivity (Wildman–Crippen MR) is 121 cm³/mol. The van der Waals surface area contributed by atoms with Crippen molar-refractivity contribution in [2.24, 2.45) is 0 Å². The fourth-order valence-electron chi connectivity index (χ4n) is 3.30. The summed E-state index contributed by atoms with van der Waals surface area (Å²) in [6, 6.07) is 21.5. The molecule has 0 aliphatic rings. The van der Waals surface area contributed by atoms with E-state index in [9.17, 15) is 4.79 Å². The smallest absolute Gasteiger partial charge is 0.291 e. The van der Waals surface area contributed by atoms with Gasteiger partial charge in [-0.05, 0) is 42.5 Å². The number of imidazole rings is 1. The van der Waals surface area contributed by atoms with Gasteiger partial charge in [-0.1, -0.05) is 24.3 Å². The Hall–Kier alpha value is -4.90. The van der Waals surface area contributed by atoms with Crippen molar-refractivity contribution < 1.29 is 13.9 Å². The van der Waals surface area contributed by atoms with Gasteiger partial charge in [-0.2, -0.15) is 5.26 Å². The summed E-state index contributed by atoms with van der Waals surface area (Å²) in [5, 5.41) is 11.9. The number of ether oxygens (including phenoxy) is 1. The van der Waals surface area contributed by atoms with Crippen molar-refractivity contribution >= 4 is 17.4 Å². The normalized spacial score (nSPS) is 10.6. The minimum absolute atomic E-state index is 0.106. The molecule has 0 radical (unpaired) electrons. The Labute approximate surface area is 188 Å².